The zero-order valence-electron chi connectivity index (χ0n) is 15.5. The highest BCUT2D eigenvalue weighted by Crippen LogP contribution is 2.52. The number of halogens is 2. The first-order valence-corrected chi connectivity index (χ1v) is 10.7. The molecule has 3 nitrogen and oxygen atoms in total. The summed E-state index contributed by atoms with van der Waals surface area (Å²) in [6, 6.07) is 6.47. The summed E-state index contributed by atoms with van der Waals surface area (Å²) in [5, 5.41) is 10.1. The molecule has 4 rings (SSSR count). The van der Waals surface area contributed by atoms with Gasteiger partial charge in [0.25, 0.3) is 0 Å². The van der Waals surface area contributed by atoms with Gasteiger partial charge in [-0.15, -0.1) is 11.8 Å². The maximum absolute atomic E-state index is 14.8. The van der Waals surface area contributed by atoms with Gasteiger partial charge in [-0.25, -0.2) is 13.8 Å². The molecular weight excluding hydrogens is 380 g/mol. The highest BCUT2D eigenvalue weighted by molar-refractivity contribution is 8.00. The van der Waals surface area contributed by atoms with E-state index in [9.17, 15) is 13.6 Å². The fraction of sp³-hybridized carbons (Fsp3) is 0.455. The van der Waals surface area contributed by atoms with Crippen molar-refractivity contribution in [1.82, 2.24) is 4.98 Å². The van der Waals surface area contributed by atoms with Gasteiger partial charge in [0, 0.05) is 29.0 Å². The Labute approximate surface area is 167 Å². The number of nitrogens with zero attached hydrogens (tertiary/aromatic N) is 1. The van der Waals surface area contributed by atoms with E-state index in [1.807, 2.05) is 6.07 Å². The summed E-state index contributed by atoms with van der Waals surface area (Å²) in [4.78, 5) is 15.2. The number of pyridine rings is 1. The van der Waals surface area contributed by atoms with Gasteiger partial charge in [-0.1, -0.05) is 18.9 Å². The molecule has 0 amide bonds. The number of aliphatic carboxylic acids is 1. The van der Waals surface area contributed by atoms with Crippen LogP contribution in [0.2, 0.25) is 0 Å². The first-order chi connectivity index (χ1) is 13.5. The maximum Gasteiger partial charge on any atom is 0.303 e. The third-order valence-electron chi connectivity index (χ3n) is 5.76. The van der Waals surface area contributed by atoms with Crippen LogP contribution in [0.3, 0.4) is 0 Å². The number of hydrogen-bond donors (Lipinski definition) is 1. The van der Waals surface area contributed by atoms with Crippen LogP contribution >= 0.6 is 11.8 Å². The van der Waals surface area contributed by atoms with E-state index >= 15 is 0 Å². The molecule has 2 aliphatic carbocycles. The van der Waals surface area contributed by atoms with E-state index in [0.29, 0.717) is 23.7 Å². The quantitative estimate of drug-likeness (QED) is 0.613. The number of carboxylic acids is 1. The molecule has 6 heteroatoms. The molecule has 0 spiro atoms. The van der Waals surface area contributed by atoms with Gasteiger partial charge in [-0.3, -0.25) is 4.79 Å². The molecule has 1 aromatic carbocycles. The molecule has 2 fully saturated rings. The second-order valence-corrected chi connectivity index (χ2v) is 9.06. The molecule has 0 aliphatic heterocycles. The SMILES string of the molecule is O=C(O)CCC1CC1c1c(F)cc(-c2cccnc2SC2CCCC2)cc1F. The molecule has 2 atom stereocenters. The second-order valence-electron chi connectivity index (χ2n) is 7.77. The first kappa shape index (κ1) is 19.4. The van der Waals surface area contributed by atoms with E-state index in [-0.39, 0.29) is 23.8 Å². The molecule has 28 heavy (non-hydrogen) atoms. The molecule has 0 radical (unpaired) electrons. The number of benzene rings is 1. The third kappa shape index (κ3) is 4.22. The largest absolute Gasteiger partial charge is 0.481 e. The summed E-state index contributed by atoms with van der Waals surface area (Å²) >= 11 is 1.71. The van der Waals surface area contributed by atoms with Crippen molar-refractivity contribution >= 4 is 17.7 Å². The van der Waals surface area contributed by atoms with Crippen molar-refractivity contribution in [2.45, 2.75) is 61.1 Å². The van der Waals surface area contributed by atoms with Crippen LogP contribution in [0.5, 0.6) is 0 Å². The molecule has 2 unspecified atom stereocenters. The summed E-state index contributed by atoms with van der Waals surface area (Å²) < 4.78 is 29.6. The molecule has 0 saturated heterocycles. The Hall–Kier alpha value is -1.95. The highest BCUT2D eigenvalue weighted by Gasteiger charge is 2.41. The lowest BCUT2D eigenvalue weighted by Gasteiger charge is -2.14. The van der Waals surface area contributed by atoms with Gasteiger partial charge in [-0.05, 0) is 61.3 Å². The summed E-state index contributed by atoms with van der Waals surface area (Å²) in [6.07, 6.45) is 7.63. The van der Waals surface area contributed by atoms with Crippen LogP contribution < -0.4 is 0 Å². The lowest BCUT2D eigenvalue weighted by atomic mass is 10.0. The molecule has 2 aromatic rings. The predicted molar refractivity (Wildman–Crippen MR) is 105 cm³/mol. The lowest BCUT2D eigenvalue weighted by Crippen LogP contribution is -2.00. The Morgan fingerprint density at radius 1 is 1.21 bits per heavy atom. The molecule has 1 aromatic heterocycles. The minimum absolute atomic E-state index is 0.0416. The highest BCUT2D eigenvalue weighted by atomic mass is 32.2. The van der Waals surface area contributed by atoms with Crippen LogP contribution in [0.4, 0.5) is 8.78 Å². The average molecular weight is 403 g/mol. The summed E-state index contributed by atoms with van der Waals surface area (Å²) in [7, 11) is 0. The Balaban J connectivity index is 1.56. The van der Waals surface area contributed by atoms with Crippen LogP contribution in [0.1, 0.15) is 56.4 Å². The first-order valence-electron chi connectivity index (χ1n) is 9.85. The van der Waals surface area contributed by atoms with Crippen molar-refractivity contribution in [3.05, 3.63) is 47.7 Å². The van der Waals surface area contributed by atoms with E-state index in [4.69, 9.17) is 5.11 Å². The Bertz CT molecular complexity index is 860. The molecule has 2 saturated carbocycles. The van der Waals surface area contributed by atoms with Crippen LogP contribution in [0, 0.1) is 17.6 Å². The molecule has 1 N–H and O–H groups in total. The minimum atomic E-state index is -0.870. The van der Waals surface area contributed by atoms with Gasteiger partial charge in [0.2, 0.25) is 0 Å². The van der Waals surface area contributed by atoms with E-state index in [0.717, 1.165) is 23.4 Å². The van der Waals surface area contributed by atoms with Crippen LogP contribution in [-0.4, -0.2) is 21.3 Å². The van der Waals surface area contributed by atoms with Gasteiger partial charge in [0.1, 0.15) is 16.7 Å². The molecular formula is C22H23F2NO2S. The lowest BCUT2D eigenvalue weighted by molar-refractivity contribution is -0.137. The Morgan fingerprint density at radius 2 is 1.93 bits per heavy atom. The van der Waals surface area contributed by atoms with E-state index in [2.05, 4.69) is 4.98 Å². The predicted octanol–water partition coefficient (Wildman–Crippen LogP) is 6.03. The van der Waals surface area contributed by atoms with Gasteiger partial charge < -0.3 is 5.11 Å². The number of carbonyl (C=O) groups is 1. The number of aromatic nitrogens is 1. The number of carboxylic acid groups (broad SMARTS) is 1. The van der Waals surface area contributed by atoms with Crippen LogP contribution in [0.25, 0.3) is 11.1 Å². The molecule has 148 valence electrons. The Morgan fingerprint density at radius 3 is 2.61 bits per heavy atom. The second kappa shape index (κ2) is 8.19. The van der Waals surface area contributed by atoms with Crippen molar-refractivity contribution in [3.63, 3.8) is 0 Å². The summed E-state index contributed by atoms with van der Waals surface area (Å²) in [6.45, 7) is 0. The maximum atomic E-state index is 14.8. The fourth-order valence-corrected chi connectivity index (χ4v) is 5.51. The van der Waals surface area contributed by atoms with Crippen molar-refractivity contribution in [2.24, 2.45) is 5.92 Å². The standard InChI is InChI=1S/C22H23F2NO2S/c23-18-11-14(12-19(24)21(18)17-10-13(17)7-8-20(26)27)16-6-3-9-25-22(16)28-15-4-1-2-5-15/h3,6,9,11-13,15,17H,1-2,4-5,7-8,10H2,(H,26,27). The molecule has 0 bridgehead atoms. The van der Waals surface area contributed by atoms with Crippen molar-refractivity contribution in [2.75, 3.05) is 0 Å². The summed E-state index contributed by atoms with van der Waals surface area (Å²) in [5.41, 5.74) is 1.38. The number of hydrogen-bond acceptors (Lipinski definition) is 3. The van der Waals surface area contributed by atoms with E-state index < -0.39 is 17.6 Å². The monoisotopic (exact) mass is 403 g/mol. The normalized spacial score (nSPS) is 21.8. The molecule has 2 aliphatic rings. The summed E-state index contributed by atoms with van der Waals surface area (Å²) in [5.74, 6) is -2.12. The average Bonchev–Trinajstić information content (AvgIpc) is 3.22. The number of thioether (sulfide) groups is 1. The van der Waals surface area contributed by atoms with Gasteiger partial charge in [-0.2, -0.15) is 0 Å². The van der Waals surface area contributed by atoms with Crippen molar-refractivity contribution in [1.29, 1.82) is 0 Å². The molecule has 1 heterocycles. The van der Waals surface area contributed by atoms with Crippen LogP contribution in [-0.2, 0) is 4.79 Å². The van der Waals surface area contributed by atoms with E-state index in [1.165, 1.54) is 25.0 Å². The fourth-order valence-electron chi connectivity index (χ4n) is 4.19. The van der Waals surface area contributed by atoms with Crippen molar-refractivity contribution in [3.8, 4) is 11.1 Å². The van der Waals surface area contributed by atoms with E-state index in [1.54, 1.807) is 24.0 Å². The number of rotatable bonds is 7. The van der Waals surface area contributed by atoms with Gasteiger partial charge in [0.05, 0.1) is 0 Å². The third-order valence-corrected chi connectivity index (χ3v) is 7.12. The van der Waals surface area contributed by atoms with Crippen molar-refractivity contribution < 1.29 is 18.7 Å². The smallest absolute Gasteiger partial charge is 0.303 e. The zero-order valence-corrected chi connectivity index (χ0v) is 16.4. The van der Waals surface area contributed by atoms with Crippen LogP contribution in [0.15, 0.2) is 35.5 Å². The minimum Gasteiger partial charge on any atom is -0.481 e. The Kier molecular flexibility index (Phi) is 5.67. The zero-order chi connectivity index (χ0) is 19.7. The topological polar surface area (TPSA) is 50.2 Å². The van der Waals surface area contributed by atoms with Gasteiger partial charge >= 0.3 is 5.97 Å². The van der Waals surface area contributed by atoms with Gasteiger partial charge in [0.15, 0.2) is 0 Å².